The van der Waals surface area contributed by atoms with Crippen molar-refractivity contribution in [2.75, 3.05) is 40.3 Å². The molecule has 30 heavy (non-hydrogen) atoms. The topological polar surface area (TPSA) is 56.0 Å². The summed E-state index contributed by atoms with van der Waals surface area (Å²) < 4.78 is 5.78. The van der Waals surface area contributed by atoms with Gasteiger partial charge in [0.15, 0.2) is 5.96 Å². The van der Waals surface area contributed by atoms with Crippen molar-refractivity contribution in [1.29, 1.82) is 0 Å². The molecule has 2 N–H and O–H groups in total. The second-order valence-electron chi connectivity index (χ2n) is 8.21. The highest BCUT2D eigenvalue weighted by Crippen LogP contribution is 2.24. The molecule has 0 aliphatic carbocycles. The number of rotatable bonds is 9. The number of hydrogen-bond acceptors (Lipinski definition) is 4. The van der Waals surface area contributed by atoms with Gasteiger partial charge in [0.2, 0.25) is 0 Å². The van der Waals surface area contributed by atoms with Crippen molar-refractivity contribution in [3.63, 3.8) is 0 Å². The molecule has 2 aromatic rings. The Morgan fingerprint density at radius 1 is 1.07 bits per heavy atom. The zero-order valence-electron chi connectivity index (χ0n) is 18.7. The summed E-state index contributed by atoms with van der Waals surface area (Å²) in [6.07, 6.45) is 5.61. The highest BCUT2D eigenvalue weighted by Gasteiger charge is 2.24. The third-order valence-electron chi connectivity index (χ3n) is 5.52. The van der Waals surface area contributed by atoms with E-state index in [0.29, 0.717) is 6.54 Å². The molecule has 1 saturated heterocycles. The Bertz CT molecular complexity index is 766. The second kappa shape index (κ2) is 11.8. The Labute approximate surface area is 181 Å². The van der Waals surface area contributed by atoms with E-state index in [9.17, 15) is 0 Å². The number of hydrogen-bond donors (Lipinski definition) is 2. The normalized spacial score (nSPS) is 16.6. The van der Waals surface area contributed by atoms with E-state index in [-0.39, 0.29) is 6.04 Å². The van der Waals surface area contributed by atoms with Crippen LogP contribution in [0.5, 0.6) is 0 Å². The van der Waals surface area contributed by atoms with Crippen LogP contribution in [0.25, 0.3) is 0 Å². The number of guanidine groups is 1. The molecule has 0 saturated carbocycles. The quantitative estimate of drug-likeness (QED) is 0.488. The molecule has 1 aromatic heterocycles. The van der Waals surface area contributed by atoms with Gasteiger partial charge in [-0.3, -0.25) is 4.90 Å². The van der Waals surface area contributed by atoms with Crippen LogP contribution >= 0.6 is 0 Å². The first-order valence-corrected chi connectivity index (χ1v) is 11.2. The van der Waals surface area contributed by atoms with E-state index in [0.717, 1.165) is 44.4 Å². The van der Waals surface area contributed by atoms with Crippen LogP contribution in [0.1, 0.15) is 49.1 Å². The fourth-order valence-corrected chi connectivity index (χ4v) is 4.03. The molecule has 3 rings (SSSR count). The Morgan fingerprint density at radius 3 is 2.50 bits per heavy atom. The average Bonchev–Trinajstić information content (AvgIpc) is 3.28. The van der Waals surface area contributed by atoms with Crippen LogP contribution in [0.15, 0.2) is 52.1 Å². The molecule has 6 nitrogen and oxygen atoms in total. The molecule has 1 unspecified atom stereocenters. The van der Waals surface area contributed by atoms with Gasteiger partial charge >= 0.3 is 0 Å². The maximum atomic E-state index is 5.78. The predicted molar refractivity (Wildman–Crippen MR) is 124 cm³/mol. The van der Waals surface area contributed by atoms with Crippen molar-refractivity contribution >= 4 is 5.96 Å². The first-order valence-electron chi connectivity index (χ1n) is 11.2. The molecule has 1 aliphatic rings. The lowest BCUT2D eigenvalue weighted by molar-refractivity contribution is 0.146. The lowest BCUT2D eigenvalue weighted by Crippen LogP contribution is -2.44. The molecule has 2 heterocycles. The summed E-state index contributed by atoms with van der Waals surface area (Å²) in [4.78, 5) is 9.60. The Hall–Kier alpha value is -2.31. The van der Waals surface area contributed by atoms with Crippen LogP contribution in [0.4, 0.5) is 0 Å². The average molecular weight is 412 g/mol. The monoisotopic (exact) mass is 411 g/mol. The van der Waals surface area contributed by atoms with E-state index in [2.05, 4.69) is 71.8 Å². The summed E-state index contributed by atoms with van der Waals surface area (Å²) >= 11 is 0. The summed E-state index contributed by atoms with van der Waals surface area (Å²) in [6.45, 7) is 7.54. The van der Waals surface area contributed by atoms with E-state index < -0.39 is 0 Å². The summed E-state index contributed by atoms with van der Waals surface area (Å²) in [7, 11) is 4.20. The molecule has 1 atom stereocenters. The molecular weight excluding hydrogens is 374 g/mol. The molecule has 0 bridgehead atoms. The lowest BCUT2D eigenvalue weighted by atomic mass is 10.1. The standard InChI is InChI=1S/C24H37N5O/c1-4-25-24(26-17-20-11-6-7-12-21(20)19-28(2)3)27-18-22(23-13-10-16-30-23)29-14-8-5-9-15-29/h6-7,10-13,16,22H,4-5,8-9,14-15,17-19H2,1-3H3,(H2,25,26,27). The van der Waals surface area contributed by atoms with Crippen molar-refractivity contribution in [3.8, 4) is 0 Å². The fraction of sp³-hybridized carbons (Fsp3) is 0.542. The number of aliphatic imine (C=N–C) groups is 1. The van der Waals surface area contributed by atoms with Crippen molar-refractivity contribution in [1.82, 2.24) is 20.4 Å². The van der Waals surface area contributed by atoms with Crippen LogP contribution in [0.3, 0.4) is 0 Å². The minimum absolute atomic E-state index is 0.227. The summed E-state index contributed by atoms with van der Waals surface area (Å²) in [6, 6.07) is 12.8. The fourth-order valence-electron chi connectivity index (χ4n) is 4.03. The highest BCUT2D eigenvalue weighted by molar-refractivity contribution is 5.79. The van der Waals surface area contributed by atoms with E-state index >= 15 is 0 Å². The van der Waals surface area contributed by atoms with Crippen molar-refractivity contribution in [2.45, 2.75) is 45.3 Å². The molecular formula is C24H37N5O. The van der Waals surface area contributed by atoms with E-state index in [1.165, 1.54) is 30.4 Å². The lowest BCUT2D eigenvalue weighted by Gasteiger charge is -2.33. The first-order chi connectivity index (χ1) is 14.7. The largest absolute Gasteiger partial charge is 0.468 e. The maximum absolute atomic E-state index is 5.78. The van der Waals surface area contributed by atoms with Crippen molar-refractivity contribution < 1.29 is 4.42 Å². The molecule has 0 spiro atoms. The first kappa shape index (κ1) is 22.4. The summed E-state index contributed by atoms with van der Waals surface area (Å²) in [5.74, 6) is 1.88. The van der Waals surface area contributed by atoms with E-state index in [4.69, 9.17) is 9.41 Å². The molecule has 1 fully saturated rings. The minimum Gasteiger partial charge on any atom is -0.468 e. The number of nitrogens with zero attached hydrogens (tertiary/aromatic N) is 3. The van der Waals surface area contributed by atoms with Crippen molar-refractivity contribution in [2.24, 2.45) is 4.99 Å². The molecule has 6 heteroatoms. The summed E-state index contributed by atoms with van der Waals surface area (Å²) in [5.41, 5.74) is 2.59. The molecule has 164 valence electrons. The van der Waals surface area contributed by atoms with Crippen LogP contribution < -0.4 is 10.6 Å². The number of benzene rings is 1. The van der Waals surface area contributed by atoms with E-state index in [1.807, 2.05) is 6.07 Å². The molecule has 0 radical (unpaired) electrons. The zero-order valence-corrected chi connectivity index (χ0v) is 18.7. The van der Waals surface area contributed by atoms with Gasteiger partial charge in [-0.05, 0) is 70.2 Å². The van der Waals surface area contributed by atoms with Gasteiger partial charge in [0.25, 0.3) is 0 Å². The van der Waals surface area contributed by atoms with Crippen LogP contribution in [-0.4, -0.2) is 56.0 Å². The Kier molecular flexibility index (Phi) is 8.78. The van der Waals surface area contributed by atoms with Gasteiger partial charge in [-0.2, -0.15) is 0 Å². The zero-order chi connectivity index (χ0) is 21.2. The number of nitrogens with one attached hydrogen (secondary N) is 2. The number of likely N-dealkylation sites (tertiary alicyclic amines) is 1. The smallest absolute Gasteiger partial charge is 0.191 e. The van der Waals surface area contributed by atoms with Gasteiger partial charge in [0.05, 0.1) is 18.8 Å². The van der Waals surface area contributed by atoms with Crippen LogP contribution in [-0.2, 0) is 13.1 Å². The maximum Gasteiger partial charge on any atom is 0.191 e. The number of furan rings is 1. The van der Waals surface area contributed by atoms with Gasteiger partial charge in [0.1, 0.15) is 5.76 Å². The highest BCUT2D eigenvalue weighted by atomic mass is 16.3. The van der Waals surface area contributed by atoms with Crippen molar-refractivity contribution in [3.05, 3.63) is 59.5 Å². The Balaban J connectivity index is 1.68. The third kappa shape index (κ3) is 6.61. The van der Waals surface area contributed by atoms with Gasteiger partial charge in [-0.15, -0.1) is 0 Å². The van der Waals surface area contributed by atoms with Gasteiger partial charge in [-0.25, -0.2) is 4.99 Å². The number of piperidine rings is 1. The molecule has 0 amide bonds. The van der Waals surface area contributed by atoms with Gasteiger partial charge in [0, 0.05) is 19.6 Å². The second-order valence-corrected chi connectivity index (χ2v) is 8.21. The predicted octanol–water partition coefficient (Wildman–Crippen LogP) is 3.62. The van der Waals surface area contributed by atoms with Crippen LogP contribution in [0, 0.1) is 0 Å². The van der Waals surface area contributed by atoms with Gasteiger partial charge < -0.3 is 20.0 Å². The molecule has 1 aliphatic heterocycles. The SMILES string of the molecule is CCNC(=NCc1ccccc1CN(C)C)NCC(c1ccco1)N1CCCCC1. The van der Waals surface area contributed by atoms with Crippen LogP contribution in [0.2, 0.25) is 0 Å². The van der Waals surface area contributed by atoms with E-state index in [1.54, 1.807) is 6.26 Å². The minimum atomic E-state index is 0.227. The van der Waals surface area contributed by atoms with Gasteiger partial charge in [-0.1, -0.05) is 30.7 Å². The third-order valence-corrected chi connectivity index (χ3v) is 5.52. The summed E-state index contributed by atoms with van der Waals surface area (Å²) in [5, 5.41) is 6.96. The Morgan fingerprint density at radius 2 is 1.83 bits per heavy atom. The molecule has 1 aromatic carbocycles.